The molecule has 2 nitrogen and oxygen atoms in total. The third-order valence-electron chi connectivity index (χ3n) is 2.81. The van der Waals surface area contributed by atoms with Gasteiger partial charge in [0.25, 0.3) is 0 Å². The minimum Gasteiger partial charge on any atom is -0.495 e. The smallest absolute Gasteiger partial charge is 0.419 e. The predicted octanol–water partition coefficient (Wildman–Crippen LogP) is 3.95. The van der Waals surface area contributed by atoms with Crippen molar-refractivity contribution >= 4 is 5.78 Å². The Bertz CT molecular complexity index is 619. The van der Waals surface area contributed by atoms with Crippen LogP contribution in [0, 0.1) is 0 Å². The highest BCUT2D eigenvalue weighted by molar-refractivity contribution is 6.10. The van der Waals surface area contributed by atoms with Gasteiger partial charge in [-0.3, -0.25) is 4.79 Å². The first-order chi connectivity index (χ1) is 9.45. The molecule has 0 saturated carbocycles. The molecule has 0 aliphatic rings. The molecule has 2 aromatic carbocycles. The number of rotatable bonds is 3. The van der Waals surface area contributed by atoms with Crippen LogP contribution in [0.5, 0.6) is 5.75 Å². The SMILES string of the molecule is COc1c(C(=O)c2ccccc2)cccc1C(F)(F)F. The molecule has 0 heterocycles. The lowest BCUT2D eigenvalue weighted by molar-refractivity contribution is -0.138. The van der Waals surface area contributed by atoms with Gasteiger partial charge in [0.1, 0.15) is 5.75 Å². The molecule has 0 aromatic heterocycles. The van der Waals surface area contributed by atoms with E-state index < -0.39 is 23.3 Å². The summed E-state index contributed by atoms with van der Waals surface area (Å²) in [6.45, 7) is 0. The summed E-state index contributed by atoms with van der Waals surface area (Å²) in [4.78, 5) is 12.3. The fourth-order valence-corrected chi connectivity index (χ4v) is 1.90. The number of hydrogen-bond acceptors (Lipinski definition) is 2. The topological polar surface area (TPSA) is 26.3 Å². The summed E-state index contributed by atoms with van der Waals surface area (Å²) in [5, 5.41) is 0. The standard InChI is InChI=1S/C15H11F3O2/c1-20-14-11(8-5-9-12(14)15(16,17)18)13(19)10-6-3-2-4-7-10/h2-9H,1H3. The summed E-state index contributed by atoms with van der Waals surface area (Å²) in [6, 6.07) is 11.5. The molecule has 0 amide bonds. The molecule has 0 saturated heterocycles. The molecular weight excluding hydrogens is 269 g/mol. The molecule has 0 fully saturated rings. The van der Waals surface area contributed by atoms with Crippen molar-refractivity contribution in [3.8, 4) is 5.75 Å². The van der Waals surface area contributed by atoms with Crippen LogP contribution in [0.25, 0.3) is 0 Å². The van der Waals surface area contributed by atoms with Gasteiger partial charge in [-0.15, -0.1) is 0 Å². The van der Waals surface area contributed by atoms with Crippen LogP contribution < -0.4 is 4.74 Å². The third-order valence-corrected chi connectivity index (χ3v) is 2.81. The summed E-state index contributed by atoms with van der Waals surface area (Å²) >= 11 is 0. The number of hydrogen-bond donors (Lipinski definition) is 0. The molecule has 5 heteroatoms. The molecule has 0 radical (unpaired) electrons. The van der Waals surface area contributed by atoms with Crippen molar-refractivity contribution in [1.82, 2.24) is 0 Å². The number of para-hydroxylation sites is 1. The van der Waals surface area contributed by atoms with Gasteiger partial charge in [-0.1, -0.05) is 36.4 Å². The molecule has 0 bridgehead atoms. The number of ether oxygens (including phenoxy) is 1. The lowest BCUT2D eigenvalue weighted by atomic mass is 9.99. The Balaban J connectivity index is 2.56. The van der Waals surface area contributed by atoms with E-state index in [9.17, 15) is 18.0 Å². The normalized spacial score (nSPS) is 11.2. The molecule has 2 aromatic rings. The fraction of sp³-hybridized carbons (Fsp3) is 0.133. The molecule has 0 atom stereocenters. The van der Waals surface area contributed by atoms with Gasteiger partial charge in [-0.05, 0) is 12.1 Å². The quantitative estimate of drug-likeness (QED) is 0.796. The Morgan fingerprint density at radius 3 is 2.20 bits per heavy atom. The molecule has 0 spiro atoms. The highest BCUT2D eigenvalue weighted by Gasteiger charge is 2.36. The van der Waals surface area contributed by atoms with Crippen molar-refractivity contribution in [3.05, 3.63) is 65.2 Å². The van der Waals surface area contributed by atoms with E-state index in [4.69, 9.17) is 4.74 Å². The molecule has 0 aliphatic heterocycles. The molecule has 0 aliphatic carbocycles. The summed E-state index contributed by atoms with van der Waals surface area (Å²) in [5.41, 5.74) is -0.750. The molecule has 2 rings (SSSR count). The van der Waals surface area contributed by atoms with Crippen molar-refractivity contribution in [2.75, 3.05) is 7.11 Å². The van der Waals surface area contributed by atoms with Crippen LogP contribution in [0.15, 0.2) is 48.5 Å². The highest BCUT2D eigenvalue weighted by atomic mass is 19.4. The summed E-state index contributed by atoms with van der Waals surface area (Å²) < 4.78 is 43.5. The van der Waals surface area contributed by atoms with Crippen LogP contribution in [0.1, 0.15) is 21.5 Å². The van der Waals surface area contributed by atoms with Gasteiger partial charge in [0.05, 0.1) is 18.2 Å². The Kier molecular flexibility index (Phi) is 3.79. The van der Waals surface area contributed by atoms with E-state index in [0.29, 0.717) is 5.56 Å². The van der Waals surface area contributed by atoms with Crippen LogP contribution in [-0.2, 0) is 6.18 Å². The molecule has 0 N–H and O–H groups in total. The second-order valence-electron chi connectivity index (χ2n) is 4.08. The van der Waals surface area contributed by atoms with Crippen LogP contribution in [-0.4, -0.2) is 12.9 Å². The first-order valence-electron chi connectivity index (χ1n) is 5.79. The predicted molar refractivity (Wildman–Crippen MR) is 67.9 cm³/mol. The van der Waals surface area contributed by atoms with Gasteiger partial charge in [-0.2, -0.15) is 13.2 Å². The number of methoxy groups -OCH3 is 1. The summed E-state index contributed by atoms with van der Waals surface area (Å²) in [6.07, 6.45) is -4.57. The second-order valence-corrected chi connectivity index (χ2v) is 4.08. The maximum atomic E-state index is 12.9. The van der Waals surface area contributed by atoms with Crippen molar-refractivity contribution in [2.24, 2.45) is 0 Å². The number of ketones is 1. The molecule has 20 heavy (non-hydrogen) atoms. The molecule has 104 valence electrons. The number of carbonyl (C=O) groups is 1. The Labute approximate surface area is 113 Å². The van der Waals surface area contributed by atoms with Crippen molar-refractivity contribution in [2.45, 2.75) is 6.18 Å². The molecule has 0 unspecified atom stereocenters. The zero-order valence-corrected chi connectivity index (χ0v) is 10.6. The number of alkyl halides is 3. The van der Waals surface area contributed by atoms with E-state index in [0.717, 1.165) is 13.2 Å². The van der Waals surface area contributed by atoms with Crippen LogP contribution >= 0.6 is 0 Å². The monoisotopic (exact) mass is 280 g/mol. The minimum absolute atomic E-state index is 0.103. The zero-order chi connectivity index (χ0) is 14.8. The fourth-order valence-electron chi connectivity index (χ4n) is 1.90. The van der Waals surface area contributed by atoms with E-state index in [1.165, 1.54) is 12.1 Å². The lowest BCUT2D eigenvalue weighted by Gasteiger charge is -2.15. The maximum Gasteiger partial charge on any atom is 0.419 e. The zero-order valence-electron chi connectivity index (χ0n) is 10.6. The lowest BCUT2D eigenvalue weighted by Crippen LogP contribution is -2.12. The van der Waals surface area contributed by atoms with E-state index in [-0.39, 0.29) is 5.56 Å². The number of carbonyl (C=O) groups excluding carboxylic acids is 1. The Morgan fingerprint density at radius 1 is 1.00 bits per heavy atom. The number of halogens is 3. The van der Waals surface area contributed by atoms with Gasteiger partial charge < -0.3 is 4.74 Å². The Hall–Kier alpha value is -2.30. The van der Waals surface area contributed by atoms with Crippen molar-refractivity contribution in [3.63, 3.8) is 0 Å². The largest absolute Gasteiger partial charge is 0.495 e. The maximum absolute atomic E-state index is 12.9. The minimum atomic E-state index is -4.57. The van der Waals surface area contributed by atoms with Gasteiger partial charge in [0, 0.05) is 5.56 Å². The average molecular weight is 280 g/mol. The van der Waals surface area contributed by atoms with Gasteiger partial charge >= 0.3 is 6.18 Å². The van der Waals surface area contributed by atoms with Crippen molar-refractivity contribution < 1.29 is 22.7 Å². The summed E-state index contributed by atoms with van der Waals surface area (Å²) in [7, 11) is 1.12. The van der Waals surface area contributed by atoms with Gasteiger partial charge in [0.2, 0.25) is 0 Å². The van der Waals surface area contributed by atoms with Crippen LogP contribution in [0.4, 0.5) is 13.2 Å². The summed E-state index contributed by atoms with van der Waals surface area (Å²) in [5.74, 6) is -0.956. The van der Waals surface area contributed by atoms with E-state index in [1.807, 2.05) is 0 Å². The van der Waals surface area contributed by atoms with Gasteiger partial charge in [-0.25, -0.2) is 0 Å². The van der Waals surface area contributed by atoms with Gasteiger partial charge in [0.15, 0.2) is 5.78 Å². The van der Waals surface area contributed by atoms with Crippen LogP contribution in [0.2, 0.25) is 0 Å². The third kappa shape index (κ3) is 2.66. The second kappa shape index (κ2) is 5.36. The Morgan fingerprint density at radius 2 is 1.65 bits per heavy atom. The van der Waals surface area contributed by atoms with Crippen LogP contribution in [0.3, 0.4) is 0 Å². The van der Waals surface area contributed by atoms with E-state index >= 15 is 0 Å². The highest BCUT2D eigenvalue weighted by Crippen LogP contribution is 2.38. The molecular formula is C15H11F3O2. The van der Waals surface area contributed by atoms with E-state index in [2.05, 4.69) is 0 Å². The first kappa shape index (κ1) is 14.1. The number of benzene rings is 2. The average Bonchev–Trinajstić information content (AvgIpc) is 2.45. The van der Waals surface area contributed by atoms with Crippen molar-refractivity contribution in [1.29, 1.82) is 0 Å². The first-order valence-corrected chi connectivity index (χ1v) is 5.79. The van der Waals surface area contributed by atoms with E-state index in [1.54, 1.807) is 30.3 Å².